The number of aryl methyl sites for hydroxylation is 1. The standard InChI is InChI=1S/C21H31N3O/c25-21(22-20-10-3-7-17-6-1-2-9-19(17)20)11-15-23-12-5-14-24-13-4-8-18(24)16-23/h1-2,6,9,18,20H,3-5,7-8,10-16H2,(H,22,25)/t18-,20-/m1/s1. The number of nitrogens with zero attached hydrogens (tertiary/aromatic N) is 2. The summed E-state index contributed by atoms with van der Waals surface area (Å²) in [5.41, 5.74) is 2.74. The quantitative estimate of drug-likeness (QED) is 0.915. The van der Waals surface area contributed by atoms with Gasteiger partial charge in [0.15, 0.2) is 0 Å². The molecule has 136 valence electrons. The lowest BCUT2D eigenvalue weighted by atomic mass is 9.87. The molecule has 2 heterocycles. The highest BCUT2D eigenvalue weighted by Crippen LogP contribution is 2.29. The average Bonchev–Trinajstić information content (AvgIpc) is 2.98. The first-order valence-electron chi connectivity index (χ1n) is 10.1. The molecule has 2 fully saturated rings. The first-order valence-corrected chi connectivity index (χ1v) is 10.1. The van der Waals surface area contributed by atoms with Crippen LogP contribution < -0.4 is 5.32 Å². The van der Waals surface area contributed by atoms with E-state index in [4.69, 9.17) is 0 Å². The SMILES string of the molecule is O=C(CCN1CCCN2CCC[C@@H]2C1)N[C@@H]1CCCc2ccccc21. The van der Waals surface area contributed by atoms with Crippen molar-refractivity contribution < 1.29 is 4.79 Å². The Kier molecular flexibility index (Phi) is 5.37. The number of carbonyl (C=O) groups excluding carboxylic acids is 1. The summed E-state index contributed by atoms with van der Waals surface area (Å²) in [5, 5.41) is 3.30. The zero-order valence-electron chi connectivity index (χ0n) is 15.3. The smallest absolute Gasteiger partial charge is 0.221 e. The van der Waals surface area contributed by atoms with Crippen molar-refractivity contribution in [1.82, 2.24) is 15.1 Å². The Balaban J connectivity index is 1.28. The summed E-state index contributed by atoms with van der Waals surface area (Å²) in [7, 11) is 0. The van der Waals surface area contributed by atoms with Crippen LogP contribution in [-0.4, -0.2) is 54.5 Å². The summed E-state index contributed by atoms with van der Waals surface area (Å²) in [4.78, 5) is 17.7. The van der Waals surface area contributed by atoms with Gasteiger partial charge in [-0.25, -0.2) is 0 Å². The van der Waals surface area contributed by atoms with Crippen LogP contribution >= 0.6 is 0 Å². The lowest BCUT2D eigenvalue weighted by Gasteiger charge is -2.28. The minimum absolute atomic E-state index is 0.215. The molecular weight excluding hydrogens is 310 g/mol. The van der Waals surface area contributed by atoms with Crippen LogP contribution in [0, 0.1) is 0 Å². The Bertz CT molecular complexity index is 603. The van der Waals surface area contributed by atoms with Crippen molar-refractivity contribution >= 4 is 5.91 Å². The second kappa shape index (κ2) is 7.88. The maximum atomic E-state index is 12.5. The van der Waals surface area contributed by atoms with Crippen LogP contribution in [0.3, 0.4) is 0 Å². The Morgan fingerprint density at radius 3 is 2.92 bits per heavy atom. The molecule has 1 aromatic carbocycles. The molecule has 1 N–H and O–H groups in total. The van der Waals surface area contributed by atoms with E-state index in [-0.39, 0.29) is 11.9 Å². The van der Waals surface area contributed by atoms with E-state index in [1.165, 1.54) is 49.9 Å². The summed E-state index contributed by atoms with van der Waals surface area (Å²) >= 11 is 0. The highest BCUT2D eigenvalue weighted by Gasteiger charge is 2.29. The zero-order valence-corrected chi connectivity index (χ0v) is 15.3. The first-order chi connectivity index (χ1) is 12.3. The van der Waals surface area contributed by atoms with Gasteiger partial charge in [-0.3, -0.25) is 9.69 Å². The van der Waals surface area contributed by atoms with Crippen molar-refractivity contribution in [1.29, 1.82) is 0 Å². The Morgan fingerprint density at radius 2 is 1.96 bits per heavy atom. The van der Waals surface area contributed by atoms with E-state index < -0.39 is 0 Å². The van der Waals surface area contributed by atoms with E-state index in [1.807, 2.05) is 0 Å². The summed E-state index contributed by atoms with van der Waals surface area (Å²) in [6.07, 6.45) is 7.95. The van der Waals surface area contributed by atoms with Gasteiger partial charge in [0.05, 0.1) is 6.04 Å². The van der Waals surface area contributed by atoms with Crippen molar-refractivity contribution in [2.24, 2.45) is 0 Å². The number of hydrogen-bond acceptors (Lipinski definition) is 3. The lowest BCUT2D eigenvalue weighted by molar-refractivity contribution is -0.122. The zero-order chi connectivity index (χ0) is 17.1. The van der Waals surface area contributed by atoms with E-state index in [1.54, 1.807) is 0 Å². The molecule has 0 radical (unpaired) electrons. The average molecular weight is 341 g/mol. The molecule has 25 heavy (non-hydrogen) atoms. The van der Waals surface area contributed by atoms with Crippen LogP contribution in [0.2, 0.25) is 0 Å². The number of amides is 1. The maximum Gasteiger partial charge on any atom is 0.221 e. The van der Waals surface area contributed by atoms with Gasteiger partial charge in [0.1, 0.15) is 0 Å². The van der Waals surface area contributed by atoms with Gasteiger partial charge < -0.3 is 10.2 Å². The fourth-order valence-electron chi connectivity index (χ4n) is 4.92. The van der Waals surface area contributed by atoms with Crippen molar-refractivity contribution in [3.8, 4) is 0 Å². The van der Waals surface area contributed by atoms with Crippen LogP contribution in [0.25, 0.3) is 0 Å². The molecule has 2 aliphatic heterocycles. The van der Waals surface area contributed by atoms with Gasteiger partial charge >= 0.3 is 0 Å². The largest absolute Gasteiger partial charge is 0.349 e. The number of benzene rings is 1. The molecule has 0 unspecified atom stereocenters. The molecule has 1 aliphatic carbocycles. The monoisotopic (exact) mass is 341 g/mol. The van der Waals surface area contributed by atoms with Gasteiger partial charge in [-0.2, -0.15) is 0 Å². The van der Waals surface area contributed by atoms with Crippen molar-refractivity contribution in [2.45, 2.75) is 57.0 Å². The van der Waals surface area contributed by atoms with Crippen LogP contribution in [0.1, 0.15) is 55.7 Å². The van der Waals surface area contributed by atoms with E-state index in [0.717, 1.165) is 38.5 Å². The van der Waals surface area contributed by atoms with E-state index in [0.29, 0.717) is 6.42 Å². The molecule has 4 heteroatoms. The van der Waals surface area contributed by atoms with Gasteiger partial charge in [-0.15, -0.1) is 0 Å². The Morgan fingerprint density at radius 1 is 1.08 bits per heavy atom. The molecule has 0 saturated carbocycles. The molecule has 2 saturated heterocycles. The third kappa shape index (κ3) is 4.06. The lowest BCUT2D eigenvalue weighted by Crippen LogP contribution is -2.39. The minimum atomic E-state index is 0.215. The highest BCUT2D eigenvalue weighted by atomic mass is 16.1. The first kappa shape index (κ1) is 17.0. The van der Waals surface area contributed by atoms with Crippen molar-refractivity contribution in [3.05, 3.63) is 35.4 Å². The summed E-state index contributed by atoms with van der Waals surface area (Å²) in [6, 6.07) is 9.53. The Hall–Kier alpha value is -1.39. The van der Waals surface area contributed by atoms with Crippen molar-refractivity contribution in [3.63, 3.8) is 0 Å². The Labute approximate surface area is 151 Å². The topological polar surface area (TPSA) is 35.6 Å². The number of fused-ring (bicyclic) bond motifs is 2. The van der Waals surface area contributed by atoms with Crippen LogP contribution in [0.15, 0.2) is 24.3 Å². The molecule has 1 amide bonds. The van der Waals surface area contributed by atoms with E-state index in [2.05, 4.69) is 39.4 Å². The molecule has 0 bridgehead atoms. The van der Waals surface area contributed by atoms with Crippen LogP contribution in [0.4, 0.5) is 0 Å². The van der Waals surface area contributed by atoms with Gasteiger partial charge in [0.25, 0.3) is 0 Å². The molecule has 0 aromatic heterocycles. The molecule has 4 rings (SSSR count). The summed E-state index contributed by atoms with van der Waals surface area (Å²) in [5.74, 6) is 0.217. The predicted molar refractivity (Wildman–Crippen MR) is 101 cm³/mol. The summed E-state index contributed by atoms with van der Waals surface area (Å²) in [6.45, 7) is 5.73. The third-order valence-corrected chi connectivity index (χ3v) is 6.25. The highest BCUT2D eigenvalue weighted by molar-refractivity contribution is 5.76. The molecule has 2 atom stereocenters. The van der Waals surface area contributed by atoms with Gasteiger partial charge in [0, 0.05) is 25.6 Å². The minimum Gasteiger partial charge on any atom is -0.349 e. The second-order valence-corrected chi connectivity index (χ2v) is 7.95. The normalized spacial score (nSPS) is 27.4. The predicted octanol–water partition coefficient (Wildman–Crippen LogP) is 2.74. The number of nitrogens with one attached hydrogen (secondary N) is 1. The number of hydrogen-bond donors (Lipinski definition) is 1. The van der Waals surface area contributed by atoms with Crippen LogP contribution in [0.5, 0.6) is 0 Å². The van der Waals surface area contributed by atoms with Gasteiger partial charge in [-0.05, 0) is 69.3 Å². The summed E-state index contributed by atoms with van der Waals surface area (Å²) < 4.78 is 0. The fourth-order valence-corrected chi connectivity index (χ4v) is 4.92. The third-order valence-electron chi connectivity index (χ3n) is 6.25. The maximum absolute atomic E-state index is 12.5. The molecule has 4 nitrogen and oxygen atoms in total. The van der Waals surface area contributed by atoms with Crippen LogP contribution in [-0.2, 0) is 11.2 Å². The fraction of sp³-hybridized carbons (Fsp3) is 0.667. The number of rotatable bonds is 4. The van der Waals surface area contributed by atoms with Gasteiger partial charge in [-0.1, -0.05) is 24.3 Å². The molecule has 3 aliphatic rings. The molecule has 0 spiro atoms. The molecule has 1 aromatic rings. The van der Waals surface area contributed by atoms with E-state index >= 15 is 0 Å². The van der Waals surface area contributed by atoms with E-state index in [9.17, 15) is 4.79 Å². The number of carbonyl (C=O) groups is 1. The van der Waals surface area contributed by atoms with Crippen molar-refractivity contribution in [2.75, 3.05) is 32.7 Å². The van der Waals surface area contributed by atoms with Gasteiger partial charge in [0.2, 0.25) is 5.91 Å². The second-order valence-electron chi connectivity index (χ2n) is 7.95. The molecular formula is C21H31N3O.